The number of urea groups is 1. The number of benzene rings is 2. The molecule has 118 valence electrons. The topological polar surface area (TPSA) is 40.6 Å². The lowest BCUT2D eigenvalue weighted by Crippen LogP contribution is -2.46. The molecule has 0 saturated carbocycles. The minimum absolute atomic E-state index is 0.0636. The van der Waals surface area contributed by atoms with Crippen LogP contribution in [0.4, 0.5) is 4.79 Å². The second-order valence-electron chi connectivity index (χ2n) is 6.47. The summed E-state index contributed by atoms with van der Waals surface area (Å²) in [6.45, 7) is 5.02. The maximum absolute atomic E-state index is 13.3. The quantitative estimate of drug-likeness (QED) is 0.798. The van der Waals surface area contributed by atoms with Gasteiger partial charge in [-0.2, -0.15) is 0 Å². The summed E-state index contributed by atoms with van der Waals surface area (Å²) in [5.41, 5.74) is 0.128. The van der Waals surface area contributed by atoms with Crippen LogP contribution in [0.25, 0.3) is 10.8 Å². The Balaban J connectivity index is 2.03. The Morgan fingerprint density at radius 2 is 1.87 bits per heavy atom. The molecule has 2 saturated heterocycles. The Morgan fingerprint density at radius 1 is 1.13 bits per heavy atom. The summed E-state index contributed by atoms with van der Waals surface area (Å²) >= 11 is 0. The lowest BCUT2D eigenvalue weighted by Gasteiger charge is -2.33. The Morgan fingerprint density at radius 3 is 2.65 bits per heavy atom. The molecule has 4 heteroatoms. The van der Waals surface area contributed by atoms with Crippen LogP contribution in [-0.2, 0) is 10.3 Å². The highest BCUT2D eigenvalue weighted by atomic mass is 16.2. The van der Waals surface area contributed by atoms with Crippen molar-refractivity contribution in [2.45, 2.75) is 25.8 Å². The number of carbonyl (C=O) groups excluding carboxylic acids is 2. The molecule has 2 atom stereocenters. The molecular formula is C19H20N2O2. The Kier molecular flexibility index (Phi) is 2.98. The van der Waals surface area contributed by atoms with Crippen LogP contribution in [0.1, 0.15) is 25.8 Å². The van der Waals surface area contributed by atoms with E-state index in [9.17, 15) is 9.59 Å². The van der Waals surface area contributed by atoms with Gasteiger partial charge in [0.25, 0.3) is 5.91 Å². The fourth-order valence-corrected chi connectivity index (χ4v) is 4.35. The van der Waals surface area contributed by atoms with Crippen molar-refractivity contribution in [2.75, 3.05) is 13.1 Å². The zero-order chi connectivity index (χ0) is 16.2. The number of carbonyl (C=O) groups is 2. The normalized spacial score (nSPS) is 27.1. The van der Waals surface area contributed by atoms with Crippen LogP contribution < -0.4 is 0 Å². The number of nitrogens with zero attached hydrogens (tertiary/aromatic N) is 2. The zero-order valence-electron chi connectivity index (χ0n) is 13.5. The van der Waals surface area contributed by atoms with E-state index in [1.165, 1.54) is 4.90 Å². The van der Waals surface area contributed by atoms with E-state index < -0.39 is 5.54 Å². The van der Waals surface area contributed by atoms with Crippen molar-refractivity contribution in [3.8, 4) is 0 Å². The van der Waals surface area contributed by atoms with Crippen LogP contribution in [0.3, 0.4) is 0 Å². The molecule has 0 aliphatic carbocycles. The van der Waals surface area contributed by atoms with E-state index >= 15 is 0 Å². The molecule has 4 nitrogen and oxygen atoms in total. The average molecular weight is 308 g/mol. The summed E-state index contributed by atoms with van der Waals surface area (Å²) in [5, 5.41) is 2.17. The van der Waals surface area contributed by atoms with Crippen molar-refractivity contribution >= 4 is 22.7 Å². The monoisotopic (exact) mass is 308 g/mol. The van der Waals surface area contributed by atoms with Gasteiger partial charge in [0.2, 0.25) is 0 Å². The lowest BCUT2D eigenvalue weighted by molar-refractivity contribution is -0.134. The second-order valence-corrected chi connectivity index (χ2v) is 6.47. The summed E-state index contributed by atoms with van der Waals surface area (Å²) in [7, 11) is 0. The molecule has 3 amide bonds. The molecule has 2 aromatic rings. The van der Waals surface area contributed by atoms with Crippen molar-refractivity contribution < 1.29 is 9.59 Å². The number of hydrogen-bond acceptors (Lipinski definition) is 2. The molecule has 2 heterocycles. The largest absolute Gasteiger partial charge is 0.327 e. The molecule has 0 aromatic heterocycles. The van der Waals surface area contributed by atoms with Crippen LogP contribution in [0.15, 0.2) is 42.5 Å². The third-order valence-corrected chi connectivity index (χ3v) is 5.47. The van der Waals surface area contributed by atoms with Gasteiger partial charge in [0.05, 0.1) is 0 Å². The summed E-state index contributed by atoms with van der Waals surface area (Å²) in [6.07, 6.45) is 0.859. The van der Waals surface area contributed by atoms with Crippen LogP contribution in [0, 0.1) is 5.92 Å². The molecule has 4 rings (SSSR count). The summed E-state index contributed by atoms with van der Waals surface area (Å²) in [6, 6.07) is 14.0. The molecule has 0 N–H and O–H groups in total. The maximum atomic E-state index is 13.3. The molecule has 2 fully saturated rings. The van der Waals surface area contributed by atoms with Crippen LogP contribution in [0.5, 0.6) is 0 Å². The van der Waals surface area contributed by atoms with E-state index in [1.807, 2.05) is 31.2 Å². The molecule has 0 bridgehead atoms. The van der Waals surface area contributed by atoms with Gasteiger partial charge in [0, 0.05) is 13.1 Å². The molecule has 0 spiro atoms. The highest BCUT2D eigenvalue weighted by Crippen LogP contribution is 2.50. The van der Waals surface area contributed by atoms with Crippen molar-refractivity contribution in [1.29, 1.82) is 0 Å². The average Bonchev–Trinajstić information content (AvgIpc) is 3.02. The molecule has 2 aliphatic rings. The van der Waals surface area contributed by atoms with Crippen LogP contribution in [-0.4, -0.2) is 34.8 Å². The summed E-state index contributed by atoms with van der Waals surface area (Å²) < 4.78 is 0. The predicted octanol–water partition coefficient (Wildman–Crippen LogP) is 3.36. The second kappa shape index (κ2) is 4.82. The first kappa shape index (κ1) is 14.2. The fraction of sp³-hybridized carbons (Fsp3) is 0.368. The molecule has 0 unspecified atom stereocenters. The highest BCUT2D eigenvalue weighted by molar-refractivity contribution is 6.10. The maximum Gasteiger partial charge on any atom is 0.327 e. The first-order valence-corrected chi connectivity index (χ1v) is 8.24. The minimum Gasteiger partial charge on any atom is -0.305 e. The number of hydrogen-bond donors (Lipinski definition) is 0. The summed E-state index contributed by atoms with van der Waals surface area (Å²) in [5.74, 6) is 0.0488. The van der Waals surface area contributed by atoms with E-state index in [0.717, 1.165) is 22.8 Å². The molecule has 2 aromatic carbocycles. The Hall–Kier alpha value is -2.36. The third kappa shape index (κ3) is 1.61. The lowest BCUT2D eigenvalue weighted by atomic mass is 9.77. The van der Waals surface area contributed by atoms with Crippen LogP contribution in [0.2, 0.25) is 0 Å². The van der Waals surface area contributed by atoms with Gasteiger partial charge in [-0.25, -0.2) is 4.79 Å². The highest BCUT2D eigenvalue weighted by Gasteiger charge is 2.63. The number of fused-ring (bicyclic) bond motifs is 2. The van der Waals surface area contributed by atoms with E-state index in [1.54, 1.807) is 4.90 Å². The number of imide groups is 1. The number of likely N-dealkylation sites (N-methyl/N-ethyl adjacent to an activating group) is 1. The van der Waals surface area contributed by atoms with Gasteiger partial charge in [-0.1, -0.05) is 49.4 Å². The predicted molar refractivity (Wildman–Crippen MR) is 88.9 cm³/mol. The van der Waals surface area contributed by atoms with Crippen molar-refractivity contribution in [3.05, 3.63) is 48.0 Å². The van der Waals surface area contributed by atoms with E-state index in [2.05, 4.69) is 25.1 Å². The Bertz CT molecular complexity index is 811. The Labute approximate surface area is 135 Å². The van der Waals surface area contributed by atoms with Crippen molar-refractivity contribution in [3.63, 3.8) is 0 Å². The SMILES string of the molecule is CCN1C(=O)N2CC[C@H](C)[C@]2(c2cccc3ccccc23)C1=O. The van der Waals surface area contributed by atoms with Gasteiger partial charge in [0.15, 0.2) is 5.54 Å². The van der Waals surface area contributed by atoms with Crippen molar-refractivity contribution in [2.24, 2.45) is 5.92 Å². The molecule has 23 heavy (non-hydrogen) atoms. The van der Waals surface area contributed by atoms with E-state index in [-0.39, 0.29) is 17.9 Å². The minimum atomic E-state index is -0.839. The van der Waals surface area contributed by atoms with Gasteiger partial charge in [-0.05, 0) is 35.6 Å². The fourth-order valence-electron chi connectivity index (χ4n) is 4.35. The number of rotatable bonds is 2. The first-order valence-electron chi connectivity index (χ1n) is 8.24. The first-order chi connectivity index (χ1) is 11.1. The van der Waals surface area contributed by atoms with E-state index in [4.69, 9.17) is 0 Å². The van der Waals surface area contributed by atoms with Gasteiger partial charge in [-0.15, -0.1) is 0 Å². The van der Waals surface area contributed by atoms with Gasteiger partial charge >= 0.3 is 6.03 Å². The molecule has 0 radical (unpaired) electrons. The number of amides is 3. The van der Waals surface area contributed by atoms with Crippen LogP contribution >= 0.6 is 0 Å². The van der Waals surface area contributed by atoms with Gasteiger partial charge in [-0.3, -0.25) is 9.69 Å². The standard InChI is InChI=1S/C19H20N2O2/c1-3-20-17(22)19(13(2)11-12-21(19)18(20)23)16-10-6-8-14-7-4-5-9-15(14)16/h4-10,13H,3,11-12H2,1-2H3/t13-,19-/m0/s1. The van der Waals surface area contributed by atoms with Crippen molar-refractivity contribution in [1.82, 2.24) is 9.80 Å². The molecular weight excluding hydrogens is 288 g/mol. The van der Waals surface area contributed by atoms with Gasteiger partial charge < -0.3 is 4.90 Å². The van der Waals surface area contributed by atoms with Gasteiger partial charge in [0.1, 0.15) is 0 Å². The third-order valence-electron chi connectivity index (χ3n) is 5.47. The van der Waals surface area contributed by atoms with E-state index in [0.29, 0.717) is 13.1 Å². The smallest absolute Gasteiger partial charge is 0.305 e. The molecule has 2 aliphatic heterocycles. The summed E-state index contributed by atoms with van der Waals surface area (Å²) in [4.78, 5) is 29.2. The zero-order valence-corrected chi connectivity index (χ0v) is 13.5.